The van der Waals surface area contributed by atoms with E-state index >= 15 is 0 Å². The lowest BCUT2D eigenvalue weighted by Crippen LogP contribution is -2.61. The number of hydrogen-bond acceptors (Lipinski definition) is 28. The molecule has 0 amide bonds. The van der Waals surface area contributed by atoms with Gasteiger partial charge in [0.05, 0.1) is 25.4 Å². The molecule has 0 radical (unpaired) electrons. The van der Waals surface area contributed by atoms with Crippen LogP contribution in [0, 0.1) is 6.92 Å². The molecule has 1 aromatic rings. The lowest BCUT2D eigenvalue weighted by Gasteiger charge is -2.44. The molecule has 4 heterocycles. The van der Waals surface area contributed by atoms with E-state index in [1.54, 1.807) is 0 Å². The molecular weight excluding hydrogens is 1060 g/mol. The van der Waals surface area contributed by atoms with Crippen molar-refractivity contribution < 1.29 is 109 Å². The number of phosphoric ester groups is 1. The summed E-state index contributed by atoms with van der Waals surface area (Å²) in [6, 6.07) is -1.07. The molecule has 30 nitrogen and oxygen atoms in total. The highest BCUT2D eigenvalue weighted by atomic mass is 32.2. The van der Waals surface area contributed by atoms with Crippen LogP contribution in [0.3, 0.4) is 0 Å². The van der Waals surface area contributed by atoms with Gasteiger partial charge in [-0.1, -0.05) is 16.9 Å². The summed E-state index contributed by atoms with van der Waals surface area (Å²) in [6.07, 6.45) is -13.0. The van der Waals surface area contributed by atoms with Crippen molar-refractivity contribution in [2.24, 2.45) is 5.11 Å². The van der Waals surface area contributed by atoms with E-state index in [4.69, 9.17) is 65.7 Å². The van der Waals surface area contributed by atoms with Crippen molar-refractivity contribution in [3.8, 4) is 0 Å². The minimum atomic E-state index is -4.92. The number of aryl methyl sites for hydroxylation is 1. The summed E-state index contributed by atoms with van der Waals surface area (Å²) in [5.41, 5.74) is 5.34. The van der Waals surface area contributed by atoms with Crippen LogP contribution in [0.4, 0.5) is 0 Å². The van der Waals surface area contributed by atoms with Gasteiger partial charge < -0.3 is 52.1 Å². The number of hydrogen-bond donors (Lipinski definition) is 1. The number of ether oxygens (including phenoxy) is 11. The Morgan fingerprint density at radius 3 is 1.57 bits per heavy atom. The highest BCUT2D eigenvalue weighted by Crippen LogP contribution is 2.52. The Bertz CT molecular complexity index is 2440. The smallest absolute Gasteiger partial charge is 0.463 e. The van der Waals surface area contributed by atoms with Crippen LogP contribution in [0.1, 0.15) is 73.6 Å². The third kappa shape index (κ3) is 18.4. The van der Waals surface area contributed by atoms with Crippen LogP contribution in [0.2, 0.25) is 0 Å². The second-order valence-electron chi connectivity index (χ2n) is 16.1. The van der Waals surface area contributed by atoms with Gasteiger partial charge in [-0.05, 0) is 12.5 Å². The Hall–Kier alpha value is -5.56. The largest absolute Gasteiger partial charge is 0.475 e. The maximum absolute atomic E-state index is 14.7. The Morgan fingerprint density at radius 2 is 1.11 bits per heavy atom. The average molecular weight is 1110 g/mol. The quantitative estimate of drug-likeness (QED) is 0.0224. The van der Waals surface area contributed by atoms with E-state index in [0.29, 0.717) is 11.8 Å². The third-order valence-electron chi connectivity index (χ3n) is 10.2. The molecule has 74 heavy (non-hydrogen) atoms. The number of thioether (sulfide) groups is 2. The van der Waals surface area contributed by atoms with Crippen LogP contribution in [-0.4, -0.2) is 167 Å². The van der Waals surface area contributed by atoms with Gasteiger partial charge in [-0.25, -0.2) is 9.36 Å². The van der Waals surface area contributed by atoms with E-state index in [2.05, 4.69) is 15.0 Å². The van der Waals surface area contributed by atoms with Crippen LogP contribution in [0.15, 0.2) is 20.9 Å². The normalized spacial score (nSPS) is 28.2. The molecule has 0 aliphatic carbocycles. The van der Waals surface area contributed by atoms with Crippen LogP contribution in [0.25, 0.3) is 10.4 Å². The summed E-state index contributed by atoms with van der Waals surface area (Å²) in [6.45, 7) is 7.54. The van der Waals surface area contributed by atoms with Crippen LogP contribution in [0.5, 0.6) is 0 Å². The lowest BCUT2D eigenvalue weighted by atomic mass is 9.99. The first-order valence-corrected chi connectivity index (χ1v) is 25.8. The van der Waals surface area contributed by atoms with Crippen molar-refractivity contribution >= 4 is 79.1 Å². The molecule has 0 saturated carbocycles. The zero-order valence-corrected chi connectivity index (χ0v) is 43.8. The molecule has 0 spiro atoms. The number of nitrogens with one attached hydrogen (secondary N) is 1. The first-order valence-electron chi connectivity index (χ1n) is 22.2. The van der Waals surface area contributed by atoms with Crippen LogP contribution < -0.4 is 11.2 Å². The van der Waals surface area contributed by atoms with E-state index in [0.717, 1.165) is 71.7 Å². The second kappa shape index (κ2) is 28.4. The topological polar surface area (TPSA) is 386 Å². The van der Waals surface area contributed by atoms with E-state index in [1.807, 2.05) is 0 Å². The molecule has 3 fully saturated rings. The number of esters is 8. The summed E-state index contributed by atoms with van der Waals surface area (Å²) in [5, 5.41) is 3.74. The number of phosphoric acid groups is 1. The maximum Gasteiger partial charge on any atom is 0.475 e. The molecule has 3 saturated heterocycles. The maximum atomic E-state index is 14.7. The zero-order valence-electron chi connectivity index (χ0n) is 41.3. The van der Waals surface area contributed by atoms with Crippen molar-refractivity contribution in [3.63, 3.8) is 0 Å². The molecule has 412 valence electrons. The first kappa shape index (κ1) is 61.0. The molecule has 3 aliphatic heterocycles. The average Bonchev–Trinajstić information content (AvgIpc) is 3.69. The highest BCUT2D eigenvalue weighted by Gasteiger charge is 2.54. The molecule has 4 rings (SSSR count). The SMILES string of the molecule is CC(=O)OC[C@H]1O[C@@H](SCCOP(=O)(OCS[C@@H]2O[C@H](COC(C)=O)[C@@H](OC(C)=O)[C@H](OC(C)=O)[C@H]2OC(C)=O)OC[C@H]2O[C@@H](n3cc(C)c(=O)[nH]c3=O)C[C@@H]2N=[N+]=[N-])[C@H](OC(C)=O)[C@@H](OC(C)=O)[C@@H]1OC(C)=O. The van der Waals surface area contributed by atoms with Gasteiger partial charge in [0.15, 0.2) is 36.6 Å². The highest BCUT2D eigenvalue weighted by molar-refractivity contribution is 8.00. The van der Waals surface area contributed by atoms with Gasteiger partial charge in [0.1, 0.15) is 48.5 Å². The van der Waals surface area contributed by atoms with Gasteiger partial charge in [0.2, 0.25) is 0 Å². The minimum Gasteiger partial charge on any atom is -0.463 e. The van der Waals surface area contributed by atoms with Crippen molar-refractivity contribution in [1.29, 1.82) is 0 Å². The third-order valence-corrected chi connectivity index (χ3v) is 13.9. The van der Waals surface area contributed by atoms with E-state index < -0.39 is 177 Å². The van der Waals surface area contributed by atoms with Crippen molar-refractivity contribution in [2.45, 2.75) is 147 Å². The number of nitrogens with zero attached hydrogens (tertiary/aromatic N) is 4. The summed E-state index contributed by atoms with van der Waals surface area (Å²) >= 11 is 1.48. The molecule has 0 bridgehead atoms. The molecule has 1 N–H and O–H groups in total. The number of aromatic nitrogens is 2. The monoisotopic (exact) mass is 1110 g/mol. The summed E-state index contributed by atoms with van der Waals surface area (Å²) in [7, 11) is -4.92. The second-order valence-corrected chi connectivity index (χ2v) is 20.0. The Balaban J connectivity index is 1.65. The van der Waals surface area contributed by atoms with Gasteiger partial charge in [-0.15, -0.1) is 11.8 Å². The van der Waals surface area contributed by atoms with E-state index in [1.165, 1.54) is 13.1 Å². The van der Waals surface area contributed by atoms with Crippen LogP contribution >= 0.6 is 31.3 Å². The van der Waals surface area contributed by atoms with E-state index in [9.17, 15) is 58.0 Å². The number of carbonyl (C=O) groups is 8. The van der Waals surface area contributed by atoms with Gasteiger partial charge in [-0.2, -0.15) is 0 Å². The van der Waals surface area contributed by atoms with Crippen LogP contribution in [-0.2, 0) is 109 Å². The molecule has 0 aromatic carbocycles. The minimum absolute atomic E-state index is 0.124. The van der Waals surface area contributed by atoms with Gasteiger partial charge in [0.25, 0.3) is 5.56 Å². The fourth-order valence-electron chi connectivity index (χ4n) is 7.42. The molecule has 33 heteroatoms. The Morgan fingerprint density at radius 1 is 0.649 bits per heavy atom. The molecular formula is C41H56N5O25PS2. The first-order chi connectivity index (χ1) is 34.8. The predicted molar refractivity (Wildman–Crippen MR) is 247 cm³/mol. The molecule has 3 aliphatic rings. The lowest BCUT2D eigenvalue weighted by molar-refractivity contribution is -0.237. The van der Waals surface area contributed by atoms with Crippen molar-refractivity contribution in [2.75, 3.05) is 38.1 Å². The van der Waals surface area contributed by atoms with Gasteiger partial charge in [0, 0.05) is 84.2 Å². The number of H-pyrrole nitrogens is 1. The molecule has 1 aromatic heterocycles. The summed E-state index contributed by atoms with van der Waals surface area (Å²) in [4.78, 5) is 127. The van der Waals surface area contributed by atoms with Gasteiger partial charge >= 0.3 is 61.3 Å². The predicted octanol–water partition coefficient (Wildman–Crippen LogP) is 1.56. The Labute approximate surface area is 429 Å². The fraction of sp³-hybridized carbons (Fsp3) is 0.707. The number of azide groups is 1. The fourth-order valence-corrected chi connectivity index (χ4v) is 11.0. The number of rotatable bonds is 24. The molecule has 1 unspecified atom stereocenters. The van der Waals surface area contributed by atoms with E-state index in [-0.39, 0.29) is 17.7 Å². The number of carbonyl (C=O) groups excluding carboxylic acids is 8. The zero-order chi connectivity index (χ0) is 55.0. The standard InChI is InChI=1S/C41H56N5O25PS2/c1-18-13-46(41(56)43-38(18)55)31-12-27(44-45-42)28(69-31)16-61-72(57,62-17-74-40-37(68-26(9)54)35(66-24(7)52)33(64-22(5)50)30(71-40)15-59-20(3)48)60-10-11-73-39-36(67-25(8)53)34(65-23(6)51)32(63-21(4)49)29(70-39)14-58-19(2)47/h13,27-37,39-40H,10-12,14-17H2,1-9H3,(H,43,55,56)/t27-,28+,29+,30+,31+,32+,33+,34-,35-,36+,37+,39-,40-,72?/m0/s1. The summed E-state index contributed by atoms with van der Waals surface area (Å²) < 4.78 is 94.2. The van der Waals surface area contributed by atoms with Crippen molar-refractivity contribution in [3.05, 3.63) is 43.0 Å². The number of aromatic amines is 1. The van der Waals surface area contributed by atoms with Gasteiger partial charge in [-0.3, -0.25) is 66.3 Å². The summed E-state index contributed by atoms with van der Waals surface area (Å²) in [5.74, 6) is -7.73. The molecule has 14 atom stereocenters. The Kier molecular flexibility index (Phi) is 23.4. The van der Waals surface area contributed by atoms with Crippen molar-refractivity contribution in [1.82, 2.24) is 9.55 Å².